The molecule has 1 aliphatic rings. The molecule has 154 valence electrons. The summed E-state index contributed by atoms with van der Waals surface area (Å²) in [5.74, 6) is -1.22. The van der Waals surface area contributed by atoms with Gasteiger partial charge >= 0.3 is 5.97 Å². The summed E-state index contributed by atoms with van der Waals surface area (Å²) in [4.78, 5) is 22.8. The Morgan fingerprint density at radius 1 is 0.931 bits per heavy atom. The zero-order valence-corrected chi connectivity index (χ0v) is 16.9. The molecule has 0 radical (unpaired) electrons. The Hall–Kier alpha value is -2.50. The van der Waals surface area contributed by atoms with E-state index in [4.69, 9.17) is 5.11 Å². The Kier molecular flexibility index (Phi) is 7.55. The average Bonchev–Trinajstić information content (AvgIpc) is 2.95. The monoisotopic (exact) mass is 395 g/mol. The van der Waals surface area contributed by atoms with Gasteiger partial charge in [0.25, 0.3) is 0 Å². The first-order valence-electron chi connectivity index (χ1n) is 10.5. The third-order valence-electron chi connectivity index (χ3n) is 5.88. The number of carboxylic acids is 1. The van der Waals surface area contributed by atoms with E-state index in [1.807, 2.05) is 12.1 Å². The van der Waals surface area contributed by atoms with E-state index in [0.29, 0.717) is 12.8 Å². The normalized spacial score (nSPS) is 19.6. The van der Waals surface area contributed by atoms with Gasteiger partial charge in [-0.3, -0.25) is 9.59 Å². The van der Waals surface area contributed by atoms with E-state index in [1.165, 1.54) is 11.1 Å². The van der Waals surface area contributed by atoms with Crippen LogP contribution in [0.4, 0.5) is 0 Å². The number of carbonyl (C=O) groups excluding carboxylic acids is 1. The first kappa shape index (κ1) is 21.2. The van der Waals surface area contributed by atoms with E-state index >= 15 is 0 Å². The molecule has 5 nitrogen and oxygen atoms in total. The molecule has 5 heteroatoms. The van der Waals surface area contributed by atoms with Crippen LogP contribution in [0.15, 0.2) is 60.7 Å². The maximum atomic E-state index is 12.0. The Balaban J connectivity index is 1.91. The first-order valence-corrected chi connectivity index (χ1v) is 10.5. The van der Waals surface area contributed by atoms with Crippen LogP contribution < -0.4 is 5.32 Å². The Morgan fingerprint density at radius 3 is 2.14 bits per heavy atom. The number of benzene rings is 2. The molecule has 2 aromatic carbocycles. The van der Waals surface area contributed by atoms with Gasteiger partial charge in [0, 0.05) is 43.5 Å². The quantitative estimate of drug-likeness (QED) is 0.504. The summed E-state index contributed by atoms with van der Waals surface area (Å²) in [7, 11) is 0. The van der Waals surface area contributed by atoms with Crippen LogP contribution >= 0.6 is 0 Å². The van der Waals surface area contributed by atoms with E-state index in [0.717, 1.165) is 43.6 Å². The first-order chi connectivity index (χ1) is 14.1. The highest BCUT2D eigenvalue weighted by Crippen LogP contribution is 2.36. The van der Waals surface area contributed by atoms with Gasteiger partial charge in [0.2, 0.25) is 0 Å². The van der Waals surface area contributed by atoms with Gasteiger partial charge in [-0.2, -0.15) is 0 Å². The Bertz CT molecular complexity index is 745. The molecule has 0 saturated carbocycles. The topological polar surface area (TPSA) is 66.4 Å². The maximum Gasteiger partial charge on any atom is 0.310 e. The van der Waals surface area contributed by atoms with Crippen molar-refractivity contribution in [1.29, 1.82) is 0 Å². The molecule has 2 N–H and O–H groups in total. The number of nitrogens with one attached hydrogen (secondary N) is 1. The van der Waals surface area contributed by atoms with E-state index in [-0.39, 0.29) is 18.2 Å². The van der Waals surface area contributed by atoms with Gasteiger partial charge in [0.05, 0.1) is 19.6 Å². The van der Waals surface area contributed by atoms with Crippen molar-refractivity contribution in [3.8, 4) is 0 Å². The molecule has 29 heavy (non-hydrogen) atoms. The minimum Gasteiger partial charge on any atom is -0.481 e. The van der Waals surface area contributed by atoms with Crippen molar-refractivity contribution in [1.82, 2.24) is 5.32 Å². The van der Waals surface area contributed by atoms with Gasteiger partial charge in [-0.25, -0.2) is 0 Å². The number of Topliss-reactive ketones (excluding diaryl/α,β-unsaturated/α-hetero) is 1. The number of hydrogen-bond donors (Lipinski definition) is 2. The summed E-state index contributed by atoms with van der Waals surface area (Å²) in [6.45, 7) is 4.84. The molecule has 0 aliphatic carbocycles. The number of ketones is 1. The predicted molar refractivity (Wildman–Crippen MR) is 114 cm³/mol. The standard InChI is InChI=1S/C24H30N2O3/c27-22(19-23(28)29)13-7-16-26(17-8-14-25-15-18-26)24(20-9-3-1-4-10-20)21-11-5-2-6-12-21/h1-6,9-12,24-25H,7-8,13-19H2/p+1. The SMILES string of the molecule is O=C(O)CC(=O)CCC[N+]1(C(c2ccccc2)c2ccccc2)CCCNCC1. The van der Waals surface area contributed by atoms with Crippen LogP contribution in [0.3, 0.4) is 0 Å². The zero-order valence-electron chi connectivity index (χ0n) is 16.9. The largest absolute Gasteiger partial charge is 0.481 e. The summed E-state index contributed by atoms with van der Waals surface area (Å²) in [5.41, 5.74) is 2.58. The van der Waals surface area contributed by atoms with Crippen molar-refractivity contribution in [2.75, 3.05) is 32.7 Å². The third-order valence-corrected chi connectivity index (χ3v) is 5.88. The van der Waals surface area contributed by atoms with Crippen molar-refractivity contribution in [2.45, 2.75) is 31.7 Å². The number of hydrogen-bond acceptors (Lipinski definition) is 3. The number of carboxylic acid groups (broad SMARTS) is 1. The van der Waals surface area contributed by atoms with Gasteiger partial charge in [-0.1, -0.05) is 60.7 Å². The van der Waals surface area contributed by atoms with Gasteiger partial charge in [0.15, 0.2) is 0 Å². The predicted octanol–water partition coefficient (Wildman–Crippen LogP) is 3.41. The summed E-state index contributed by atoms with van der Waals surface area (Å²) in [6.07, 6.45) is 1.75. The second-order valence-electron chi connectivity index (χ2n) is 7.93. The molecule has 1 aliphatic heterocycles. The Morgan fingerprint density at radius 2 is 1.55 bits per heavy atom. The summed E-state index contributed by atoms with van der Waals surface area (Å²) >= 11 is 0. The molecule has 1 atom stereocenters. The number of rotatable bonds is 9. The fourth-order valence-corrected chi connectivity index (χ4v) is 4.61. The molecule has 0 bridgehead atoms. The molecule has 0 spiro atoms. The summed E-state index contributed by atoms with van der Waals surface area (Å²) in [5, 5.41) is 12.4. The molecule has 3 rings (SSSR count). The van der Waals surface area contributed by atoms with Crippen LogP contribution in [0.2, 0.25) is 0 Å². The zero-order chi connectivity index (χ0) is 20.5. The van der Waals surface area contributed by atoms with Gasteiger partial charge in [-0.05, 0) is 0 Å². The maximum absolute atomic E-state index is 12.0. The van der Waals surface area contributed by atoms with E-state index < -0.39 is 5.97 Å². The molecule has 1 heterocycles. The Labute approximate surface area is 172 Å². The van der Waals surface area contributed by atoms with Crippen molar-refractivity contribution in [3.05, 3.63) is 71.8 Å². The molecule has 1 saturated heterocycles. The van der Waals surface area contributed by atoms with Crippen molar-refractivity contribution < 1.29 is 19.2 Å². The molecular formula is C24H31N2O3+. The molecule has 1 unspecified atom stereocenters. The van der Waals surface area contributed by atoms with Crippen LogP contribution in [0.5, 0.6) is 0 Å². The van der Waals surface area contributed by atoms with Gasteiger partial charge < -0.3 is 14.9 Å². The lowest BCUT2D eigenvalue weighted by Gasteiger charge is -2.45. The number of nitrogens with zero attached hydrogens (tertiary/aromatic N) is 1. The number of aliphatic carboxylic acids is 1. The molecule has 1 fully saturated rings. The minimum atomic E-state index is -1.04. The number of quaternary nitrogens is 1. The van der Waals surface area contributed by atoms with E-state index in [2.05, 4.69) is 53.8 Å². The smallest absolute Gasteiger partial charge is 0.310 e. The van der Waals surface area contributed by atoms with Crippen LogP contribution in [-0.4, -0.2) is 54.1 Å². The summed E-state index contributed by atoms with van der Waals surface area (Å²) < 4.78 is 0.890. The highest BCUT2D eigenvalue weighted by Gasteiger charge is 2.39. The van der Waals surface area contributed by atoms with Crippen molar-refractivity contribution in [2.24, 2.45) is 0 Å². The lowest BCUT2D eigenvalue weighted by Crippen LogP contribution is -2.53. The van der Waals surface area contributed by atoms with Crippen molar-refractivity contribution >= 4 is 11.8 Å². The fraction of sp³-hybridized carbons (Fsp3) is 0.417. The lowest BCUT2D eigenvalue weighted by molar-refractivity contribution is -0.949. The van der Waals surface area contributed by atoms with Gasteiger partial charge in [-0.15, -0.1) is 0 Å². The van der Waals surface area contributed by atoms with E-state index in [9.17, 15) is 9.59 Å². The molecule has 0 amide bonds. The average molecular weight is 396 g/mol. The van der Waals surface area contributed by atoms with Crippen LogP contribution in [0.25, 0.3) is 0 Å². The second-order valence-corrected chi connectivity index (χ2v) is 7.93. The van der Waals surface area contributed by atoms with Crippen LogP contribution in [-0.2, 0) is 9.59 Å². The van der Waals surface area contributed by atoms with Crippen molar-refractivity contribution in [3.63, 3.8) is 0 Å². The lowest BCUT2D eigenvalue weighted by atomic mass is 9.93. The third kappa shape index (κ3) is 5.75. The van der Waals surface area contributed by atoms with Gasteiger partial charge in [0.1, 0.15) is 18.2 Å². The fourth-order valence-electron chi connectivity index (χ4n) is 4.61. The molecule has 2 aromatic rings. The van der Waals surface area contributed by atoms with Crippen LogP contribution in [0, 0.1) is 0 Å². The highest BCUT2D eigenvalue weighted by molar-refractivity contribution is 5.94. The molecular weight excluding hydrogens is 364 g/mol. The van der Waals surface area contributed by atoms with Crippen LogP contribution in [0.1, 0.15) is 42.9 Å². The highest BCUT2D eigenvalue weighted by atomic mass is 16.4. The summed E-state index contributed by atoms with van der Waals surface area (Å²) in [6, 6.07) is 21.5. The minimum absolute atomic E-state index is 0.181. The molecule has 0 aromatic heterocycles. The van der Waals surface area contributed by atoms with E-state index in [1.54, 1.807) is 0 Å². The number of carbonyl (C=O) groups is 2. The second kappa shape index (κ2) is 10.3.